The van der Waals surface area contributed by atoms with E-state index < -0.39 is 11.9 Å². The van der Waals surface area contributed by atoms with Crippen LogP contribution in [0.5, 0.6) is 0 Å². The summed E-state index contributed by atoms with van der Waals surface area (Å²) in [5, 5.41) is 14.7. The molecule has 1 N–H and O–H groups in total. The molecule has 0 aliphatic heterocycles. The number of nitrogens with one attached hydrogen (secondary N) is 1. The van der Waals surface area contributed by atoms with Gasteiger partial charge in [-0.15, -0.1) is 0 Å². The Bertz CT molecular complexity index is 974. The van der Waals surface area contributed by atoms with Crippen molar-refractivity contribution in [2.75, 3.05) is 5.32 Å². The average molecular weight is 392 g/mol. The fraction of sp³-hybridized carbons (Fsp3) is 0. The third-order valence-corrected chi connectivity index (χ3v) is 4.16. The third kappa shape index (κ3) is 5.15. The fourth-order valence-electron chi connectivity index (χ4n) is 2.51. The number of carbonyl (C=O) groups is 2. The van der Waals surface area contributed by atoms with Crippen molar-refractivity contribution in [3.63, 3.8) is 0 Å². The molecule has 0 heterocycles. The molecule has 3 rings (SSSR count). The van der Waals surface area contributed by atoms with E-state index in [2.05, 4.69) is 5.32 Å². The van der Waals surface area contributed by atoms with Crippen LogP contribution in [0.25, 0.3) is 11.1 Å². The van der Waals surface area contributed by atoms with Gasteiger partial charge in [0.25, 0.3) is 5.91 Å². The largest absolute Gasteiger partial charge is 1.00 e. The molecule has 7 heteroatoms. The summed E-state index contributed by atoms with van der Waals surface area (Å²) in [6, 6.07) is 18.4. The molecule has 0 bridgehead atoms. The monoisotopic (exact) mass is 391 g/mol. The molecule has 0 aromatic heterocycles. The minimum atomic E-state index is -1.39. The maximum Gasteiger partial charge on any atom is 1.00 e. The van der Waals surface area contributed by atoms with E-state index >= 15 is 0 Å². The van der Waals surface area contributed by atoms with Crippen LogP contribution in [-0.2, 0) is 0 Å². The molecule has 4 nitrogen and oxygen atoms in total. The van der Waals surface area contributed by atoms with Gasteiger partial charge in [0.15, 0.2) is 0 Å². The zero-order valence-corrected chi connectivity index (χ0v) is 15.8. The molecule has 0 atom stereocenters. The Balaban J connectivity index is 0.00000261. The van der Waals surface area contributed by atoms with Crippen molar-refractivity contribution in [1.82, 2.24) is 0 Å². The van der Waals surface area contributed by atoms with Gasteiger partial charge in [0.1, 0.15) is 0 Å². The number of aromatic carboxylic acids is 1. The second-order valence-corrected chi connectivity index (χ2v) is 6.40. The summed E-state index contributed by atoms with van der Waals surface area (Å²) in [4.78, 5) is 23.9. The van der Waals surface area contributed by atoms with Crippen molar-refractivity contribution in [3.05, 3.63) is 87.9 Å². The molecule has 27 heavy (non-hydrogen) atoms. The Kier molecular flexibility index (Phi) is 7.12. The van der Waals surface area contributed by atoms with Gasteiger partial charge >= 0.3 is 18.9 Å². The molecule has 130 valence electrons. The van der Waals surface area contributed by atoms with Crippen LogP contribution in [0.4, 0.5) is 5.69 Å². The fourth-order valence-corrected chi connectivity index (χ4v) is 3.04. The maximum atomic E-state index is 12.4. The molecule has 0 aliphatic carbocycles. The summed E-state index contributed by atoms with van der Waals surface area (Å²) in [6.07, 6.45) is 0. The Hall–Kier alpha value is -2.22. The summed E-state index contributed by atoms with van der Waals surface area (Å²) >= 11 is 11.8. The van der Waals surface area contributed by atoms with Crippen LogP contribution in [-0.4, -0.2) is 11.9 Å². The second kappa shape index (κ2) is 9.12. The molecule has 0 radical (unpaired) electrons. The first-order chi connectivity index (χ1) is 12.4. The van der Waals surface area contributed by atoms with Gasteiger partial charge in [-0.25, -0.2) is 0 Å². The van der Waals surface area contributed by atoms with Crippen molar-refractivity contribution in [1.29, 1.82) is 0 Å². The quantitative estimate of drug-likeness (QED) is 0.681. The zero-order chi connectivity index (χ0) is 18.7. The van der Waals surface area contributed by atoms with Crippen molar-refractivity contribution < 1.29 is 33.6 Å². The van der Waals surface area contributed by atoms with E-state index in [4.69, 9.17) is 23.2 Å². The number of rotatable bonds is 4. The number of halogens is 2. The number of amides is 1. The summed E-state index contributed by atoms with van der Waals surface area (Å²) in [5.41, 5.74) is 1.79. The molecule has 0 saturated carbocycles. The SMILES string of the molecule is O=C(Nc1ccc(-c2ccccc2)cc1C(=O)[O-])c1cc(Cl)cc(Cl)c1.[Li+]. The molecule has 0 spiro atoms. The summed E-state index contributed by atoms with van der Waals surface area (Å²) in [6.45, 7) is 0. The van der Waals surface area contributed by atoms with Gasteiger partial charge in [0.2, 0.25) is 0 Å². The van der Waals surface area contributed by atoms with Crippen molar-refractivity contribution in [2.45, 2.75) is 0 Å². The van der Waals surface area contributed by atoms with Gasteiger partial charge in [-0.1, -0.05) is 59.6 Å². The van der Waals surface area contributed by atoms with Crippen LogP contribution in [0.2, 0.25) is 10.0 Å². The number of hydrogen-bond acceptors (Lipinski definition) is 3. The number of carbonyl (C=O) groups excluding carboxylic acids is 2. The van der Waals surface area contributed by atoms with E-state index in [1.807, 2.05) is 30.3 Å². The third-order valence-electron chi connectivity index (χ3n) is 3.72. The van der Waals surface area contributed by atoms with Crippen molar-refractivity contribution in [3.8, 4) is 11.1 Å². The van der Waals surface area contributed by atoms with E-state index in [1.165, 1.54) is 30.3 Å². The molecule has 0 fully saturated rings. The first-order valence-electron chi connectivity index (χ1n) is 7.62. The summed E-state index contributed by atoms with van der Waals surface area (Å²) in [7, 11) is 0. The zero-order valence-electron chi connectivity index (χ0n) is 14.3. The van der Waals surface area contributed by atoms with Gasteiger partial charge in [-0.3, -0.25) is 4.79 Å². The summed E-state index contributed by atoms with van der Waals surface area (Å²) < 4.78 is 0. The Morgan fingerprint density at radius 2 is 1.44 bits per heavy atom. The van der Waals surface area contributed by atoms with Gasteiger partial charge in [0.05, 0.1) is 11.7 Å². The van der Waals surface area contributed by atoms with Crippen LogP contribution in [0, 0.1) is 0 Å². The molecule has 1 amide bonds. The number of anilines is 1. The van der Waals surface area contributed by atoms with Gasteiger partial charge < -0.3 is 15.2 Å². The molecular weight excluding hydrogens is 380 g/mol. The first kappa shape index (κ1) is 21.1. The molecule has 0 aliphatic rings. The molecular formula is C20H12Cl2LiNO3. The van der Waals surface area contributed by atoms with Crippen LogP contribution < -0.4 is 29.3 Å². The van der Waals surface area contributed by atoms with Crippen LogP contribution in [0.1, 0.15) is 20.7 Å². The smallest absolute Gasteiger partial charge is 0.545 e. The van der Waals surface area contributed by atoms with Crippen LogP contribution in [0.3, 0.4) is 0 Å². The van der Waals surface area contributed by atoms with Gasteiger partial charge in [0, 0.05) is 21.2 Å². The minimum Gasteiger partial charge on any atom is -0.545 e. The van der Waals surface area contributed by atoms with Gasteiger partial charge in [-0.2, -0.15) is 0 Å². The van der Waals surface area contributed by atoms with E-state index in [0.29, 0.717) is 15.6 Å². The van der Waals surface area contributed by atoms with E-state index in [9.17, 15) is 14.7 Å². The predicted molar refractivity (Wildman–Crippen MR) is 101 cm³/mol. The van der Waals surface area contributed by atoms with Crippen molar-refractivity contribution in [2.24, 2.45) is 0 Å². The second-order valence-electron chi connectivity index (χ2n) is 5.53. The van der Waals surface area contributed by atoms with Crippen LogP contribution in [0.15, 0.2) is 66.7 Å². The van der Waals surface area contributed by atoms with E-state index in [1.54, 1.807) is 6.07 Å². The topological polar surface area (TPSA) is 69.2 Å². The molecule has 3 aromatic rings. The standard InChI is InChI=1S/C20H13Cl2NO3.Li/c21-15-8-14(9-16(22)11-15)19(24)23-18-7-6-13(10-17(18)20(25)26)12-4-2-1-3-5-12;/h1-11H,(H,23,24)(H,25,26);/q;+1/p-1. The number of carboxylic acid groups (broad SMARTS) is 1. The van der Waals surface area contributed by atoms with E-state index in [-0.39, 0.29) is 35.7 Å². The minimum absolute atomic E-state index is 0. The van der Waals surface area contributed by atoms with Gasteiger partial charge in [-0.05, 0) is 41.5 Å². The Morgan fingerprint density at radius 3 is 2.04 bits per heavy atom. The van der Waals surface area contributed by atoms with E-state index in [0.717, 1.165) is 5.56 Å². The number of carboxylic acids is 1. The normalized spacial score (nSPS) is 10.0. The Labute approximate surface area is 178 Å². The Morgan fingerprint density at radius 1 is 0.815 bits per heavy atom. The maximum absolute atomic E-state index is 12.4. The molecule has 3 aromatic carbocycles. The number of hydrogen-bond donors (Lipinski definition) is 1. The van der Waals surface area contributed by atoms with Crippen LogP contribution >= 0.6 is 23.2 Å². The van der Waals surface area contributed by atoms with Crippen molar-refractivity contribution >= 4 is 40.8 Å². The predicted octanol–water partition coefficient (Wildman–Crippen LogP) is 1.28. The average Bonchev–Trinajstić information content (AvgIpc) is 2.61. The number of benzene rings is 3. The summed E-state index contributed by atoms with van der Waals surface area (Å²) in [5.74, 6) is -1.91. The first-order valence-corrected chi connectivity index (χ1v) is 8.38. The molecule has 0 saturated heterocycles. The molecule has 0 unspecified atom stereocenters.